The maximum Gasteiger partial charge on any atom is 0.0715 e. The lowest BCUT2D eigenvalue weighted by atomic mass is 9.91. The van der Waals surface area contributed by atoms with E-state index in [9.17, 15) is 0 Å². The molecule has 1 unspecified atom stereocenters. The molecule has 7 rings (SSSR count). The average molecular weight is 539 g/mol. The van der Waals surface area contributed by atoms with E-state index in [2.05, 4.69) is 163 Å². The number of nitrogens with one attached hydrogen (secondary N) is 1. The molecule has 0 fully saturated rings. The Bertz CT molecular complexity index is 1820. The highest BCUT2D eigenvalue weighted by Gasteiger charge is 2.18. The van der Waals surface area contributed by atoms with E-state index in [1.807, 2.05) is 12.1 Å². The summed E-state index contributed by atoms with van der Waals surface area (Å²) in [5.41, 5.74) is 12.4. The van der Waals surface area contributed by atoms with E-state index in [0.717, 1.165) is 39.3 Å². The monoisotopic (exact) mass is 538 g/mol. The van der Waals surface area contributed by atoms with E-state index < -0.39 is 0 Å². The van der Waals surface area contributed by atoms with Crippen LogP contribution in [-0.2, 0) is 0 Å². The van der Waals surface area contributed by atoms with Crippen LogP contribution in [-0.4, -0.2) is 4.98 Å². The van der Waals surface area contributed by atoms with E-state index in [4.69, 9.17) is 4.98 Å². The Morgan fingerprint density at radius 2 is 0.929 bits per heavy atom. The summed E-state index contributed by atoms with van der Waals surface area (Å²) in [6.07, 6.45) is 4.60. The Kier molecular flexibility index (Phi) is 7.02. The number of rotatable bonds is 6. The first-order valence-corrected chi connectivity index (χ1v) is 14.3. The highest BCUT2D eigenvalue weighted by atomic mass is 14.9. The van der Waals surface area contributed by atoms with Crippen molar-refractivity contribution >= 4 is 11.3 Å². The van der Waals surface area contributed by atoms with Crippen LogP contribution in [0.4, 0.5) is 0 Å². The zero-order valence-electron chi connectivity index (χ0n) is 23.2. The zero-order chi connectivity index (χ0) is 28.1. The highest BCUT2D eigenvalue weighted by Crippen LogP contribution is 2.35. The van der Waals surface area contributed by atoms with E-state index in [-0.39, 0.29) is 6.04 Å². The van der Waals surface area contributed by atoms with Crippen molar-refractivity contribution in [1.82, 2.24) is 10.3 Å². The van der Waals surface area contributed by atoms with E-state index in [1.165, 1.54) is 22.3 Å². The molecule has 0 amide bonds. The summed E-state index contributed by atoms with van der Waals surface area (Å²) < 4.78 is 0. The van der Waals surface area contributed by atoms with Crippen molar-refractivity contribution in [2.45, 2.75) is 6.04 Å². The van der Waals surface area contributed by atoms with Crippen LogP contribution < -0.4 is 5.32 Å². The quantitative estimate of drug-likeness (QED) is 0.228. The van der Waals surface area contributed by atoms with Crippen molar-refractivity contribution in [3.05, 3.63) is 187 Å². The van der Waals surface area contributed by atoms with Gasteiger partial charge in [-0.05, 0) is 63.7 Å². The summed E-state index contributed by atoms with van der Waals surface area (Å²) in [7, 11) is 0. The SMILES string of the molecule is C1=C(c2cccc(-c3cc(-c4ccccc4)nc(-c4ccccc4)c3)c2)C=C(c2ccccc2)NC1c1ccccc1. The molecule has 5 aromatic carbocycles. The molecule has 0 bridgehead atoms. The summed E-state index contributed by atoms with van der Waals surface area (Å²) in [6.45, 7) is 0. The fourth-order valence-corrected chi connectivity index (χ4v) is 5.53. The van der Waals surface area contributed by atoms with Gasteiger partial charge in [-0.25, -0.2) is 4.98 Å². The van der Waals surface area contributed by atoms with Crippen molar-refractivity contribution in [1.29, 1.82) is 0 Å². The lowest BCUT2D eigenvalue weighted by Crippen LogP contribution is -2.21. The molecule has 0 saturated carbocycles. The van der Waals surface area contributed by atoms with Gasteiger partial charge in [-0.3, -0.25) is 0 Å². The minimum absolute atomic E-state index is 0.0698. The van der Waals surface area contributed by atoms with Gasteiger partial charge >= 0.3 is 0 Å². The van der Waals surface area contributed by atoms with Crippen LogP contribution in [0.5, 0.6) is 0 Å². The smallest absolute Gasteiger partial charge is 0.0715 e. The molecule has 2 heteroatoms. The maximum absolute atomic E-state index is 5.07. The van der Waals surface area contributed by atoms with Gasteiger partial charge in [0.05, 0.1) is 17.4 Å². The summed E-state index contributed by atoms with van der Waals surface area (Å²) in [5, 5.41) is 3.76. The van der Waals surface area contributed by atoms with Gasteiger partial charge < -0.3 is 5.32 Å². The van der Waals surface area contributed by atoms with Gasteiger partial charge in [0.25, 0.3) is 0 Å². The molecule has 1 aliphatic rings. The molecule has 2 heterocycles. The fraction of sp³-hybridized carbons (Fsp3) is 0.0250. The third-order valence-electron chi connectivity index (χ3n) is 7.69. The predicted octanol–water partition coefficient (Wildman–Crippen LogP) is 9.85. The Balaban J connectivity index is 1.34. The highest BCUT2D eigenvalue weighted by molar-refractivity contribution is 5.88. The van der Waals surface area contributed by atoms with Crippen molar-refractivity contribution < 1.29 is 0 Å². The standard InChI is InChI=1S/C40H30N2/c1-5-14-29(15-6-1)37-25-35(26-38(41-37)30-16-7-2-8-17-30)33-22-13-23-34(24-33)36-27-39(31-18-9-3-10-19-31)42-40(28-36)32-20-11-4-12-21-32/h1-28,37,41H. The Morgan fingerprint density at radius 1 is 0.429 bits per heavy atom. The van der Waals surface area contributed by atoms with Crippen LogP contribution in [0, 0.1) is 0 Å². The van der Waals surface area contributed by atoms with Gasteiger partial charge in [0.1, 0.15) is 0 Å². The van der Waals surface area contributed by atoms with Crippen molar-refractivity contribution in [3.63, 3.8) is 0 Å². The molecule has 1 aromatic heterocycles. The molecule has 200 valence electrons. The summed E-state index contributed by atoms with van der Waals surface area (Å²) in [5.74, 6) is 0. The number of pyridine rings is 1. The molecular formula is C40H30N2. The number of hydrogen-bond donors (Lipinski definition) is 1. The number of nitrogens with zero attached hydrogens (tertiary/aromatic N) is 1. The van der Waals surface area contributed by atoms with Crippen molar-refractivity contribution in [2.75, 3.05) is 0 Å². The second-order valence-corrected chi connectivity index (χ2v) is 10.5. The lowest BCUT2D eigenvalue weighted by molar-refractivity contribution is 0.767. The van der Waals surface area contributed by atoms with Crippen molar-refractivity contribution in [2.24, 2.45) is 0 Å². The predicted molar refractivity (Wildman–Crippen MR) is 175 cm³/mol. The second-order valence-electron chi connectivity index (χ2n) is 10.5. The molecule has 0 spiro atoms. The third kappa shape index (κ3) is 5.43. The number of benzene rings is 5. The second kappa shape index (κ2) is 11.6. The van der Waals surface area contributed by atoms with E-state index in [1.54, 1.807) is 0 Å². The van der Waals surface area contributed by atoms with Gasteiger partial charge in [0, 0.05) is 16.8 Å². The molecule has 1 atom stereocenters. The molecule has 0 saturated heterocycles. The van der Waals surface area contributed by atoms with Gasteiger partial charge in [-0.1, -0.05) is 140 Å². The Morgan fingerprint density at radius 3 is 1.52 bits per heavy atom. The topological polar surface area (TPSA) is 24.9 Å². The number of allylic oxidation sites excluding steroid dienone is 2. The largest absolute Gasteiger partial charge is 0.374 e. The third-order valence-corrected chi connectivity index (χ3v) is 7.69. The van der Waals surface area contributed by atoms with E-state index >= 15 is 0 Å². The molecule has 1 aliphatic heterocycles. The molecule has 2 nitrogen and oxygen atoms in total. The number of dihydropyridines is 1. The van der Waals surface area contributed by atoms with Crippen LogP contribution in [0.3, 0.4) is 0 Å². The fourth-order valence-electron chi connectivity index (χ4n) is 5.53. The first kappa shape index (κ1) is 25.5. The molecule has 1 N–H and O–H groups in total. The average Bonchev–Trinajstić information content (AvgIpc) is 3.09. The summed E-state index contributed by atoms with van der Waals surface area (Å²) in [6, 6.07) is 55.4. The summed E-state index contributed by atoms with van der Waals surface area (Å²) >= 11 is 0. The Hall–Kier alpha value is -5.47. The van der Waals surface area contributed by atoms with Crippen LogP contribution >= 0.6 is 0 Å². The first-order valence-electron chi connectivity index (χ1n) is 14.3. The van der Waals surface area contributed by atoms with Gasteiger partial charge in [0.2, 0.25) is 0 Å². The Labute approximate surface area is 247 Å². The molecular weight excluding hydrogens is 508 g/mol. The van der Waals surface area contributed by atoms with Gasteiger partial charge in [0.15, 0.2) is 0 Å². The van der Waals surface area contributed by atoms with Crippen LogP contribution in [0.15, 0.2) is 170 Å². The number of aromatic nitrogens is 1. The molecule has 0 aliphatic carbocycles. The summed E-state index contributed by atoms with van der Waals surface area (Å²) in [4.78, 5) is 5.07. The molecule has 6 aromatic rings. The zero-order valence-corrected chi connectivity index (χ0v) is 23.2. The lowest BCUT2D eigenvalue weighted by Gasteiger charge is -2.26. The molecule has 0 radical (unpaired) electrons. The normalized spacial score (nSPS) is 14.4. The molecule has 42 heavy (non-hydrogen) atoms. The van der Waals surface area contributed by atoms with Crippen LogP contribution in [0.1, 0.15) is 22.7 Å². The minimum atomic E-state index is 0.0698. The first-order chi connectivity index (χ1) is 20.8. The number of hydrogen-bond acceptors (Lipinski definition) is 2. The van der Waals surface area contributed by atoms with Gasteiger partial charge in [-0.2, -0.15) is 0 Å². The minimum Gasteiger partial charge on any atom is -0.374 e. The van der Waals surface area contributed by atoms with Crippen molar-refractivity contribution in [3.8, 4) is 33.6 Å². The maximum atomic E-state index is 5.07. The van der Waals surface area contributed by atoms with Crippen LogP contribution in [0.2, 0.25) is 0 Å². The van der Waals surface area contributed by atoms with Gasteiger partial charge in [-0.15, -0.1) is 0 Å². The van der Waals surface area contributed by atoms with E-state index in [0.29, 0.717) is 0 Å². The van der Waals surface area contributed by atoms with Crippen LogP contribution in [0.25, 0.3) is 44.9 Å².